The Morgan fingerprint density at radius 1 is 1.39 bits per heavy atom. The van der Waals surface area contributed by atoms with Crippen molar-refractivity contribution in [2.75, 3.05) is 38.7 Å². The molecule has 0 fully saturated rings. The van der Waals surface area contributed by atoms with Crippen molar-refractivity contribution in [2.24, 2.45) is 4.99 Å². The van der Waals surface area contributed by atoms with E-state index >= 15 is 0 Å². The summed E-state index contributed by atoms with van der Waals surface area (Å²) >= 11 is 1.88. The predicted molar refractivity (Wildman–Crippen MR) is 100 cm³/mol. The number of hydrogen-bond acceptors (Lipinski definition) is 4. The van der Waals surface area contributed by atoms with Crippen LogP contribution in [0, 0.1) is 0 Å². The van der Waals surface area contributed by atoms with Gasteiger partial charge in [-0.25, -0.2) is 0 Å². The molecule has 0 radical (unpaired) electrons. The molecule has 1 aromatic rings. The van der Waals surface area contributed by atoms with E-state index in [4.69, 9.17) is 4.99 Å². The molecule has 1 N–H and O–H groups in total. The summed E-state index contributed by atoms with van der Waals surface area (Å²) < 4.78 is 2.10. The van der Waals surface area contributed by atoms with Crippen LogP contribution in [-0.4, -0.2) is 64.3 Å². The van der Waals surface area contributed by atoms with Crippen LogP contribution in [0.3, 0.4) is 0 Å². The SMILES string of the molecule is CCCCN(C)C(=NCCCSC)NCCn1cnnc1CC. The minimum Gasteiger partial charge on any atom is -0.354 e. The fraction of sp³-hybridized carbons (Fsp3) is 0.812. The highest BCUT2D eigenvalue weighted by Gasteiger charge is 2.06. The summed E-state index contributed by atoms with van der Waals surface area (Å²) in [4.78, 5) is 6.98. The lowest BCUT2D eigenvalue weighted by Crippen LogP contribution is -2.41. The highest BCUT2D eigenvalue weighted by atomic mass is 32.2. The van der Waals surface area contributed by atoms with Crippen LogP contribution < -0.4 is 5.32 Å². The molecule has 23 heavy (non-hydrogen) atoms. The second-order valence-electron chi connectivity index (χ2n) is 5.55. The second kappa shape index (κ2) is 12.2. The molecule has 0 aliphatic heterocycles. The van der Waals surface area contributed by atoms with E-state index in [0.29, 0.717) is 0 Å². The first-order chi connectivity index (χ1) is 11.2. The molecule has 0 bridgehead atoms. The number of aryl methyl sites for hydroxylation is 1. The fourth-order valence-corrected chi connectivity index (χ4v) is 2.65. The first-order valence-corrected chi connectivity index (χ1v) is 9.97. The van der Waals surface area contributed by atoms with Gasteiger partial charge in [-0.1, -0.05) is 20.3 Å². The van der Waals surface area contributed by atoms with Crippen molar-refractivity contribution in [1.82, 2.24) is 25.0 Å². The Hall–Kier alpha value is -1.24. The molecule has 132 valence electrons. The lowest BCUT2D eigenvalue weighted by Gasteiger charge is -2.22. The van der Waals surface area contributed by atoms with Gasteiger partial charge in [0.2, 0.25) is 0 Å². The van der Waals surface area contributed by atoms with Crippen molar-refractivity contribution in [1.29, 1.82) is 0 Å². The van der Waals surface area contributed by atoms with E-state index in [1.807, 2.05) is 11.8 Å². The molecule has 6 nitrogen and oxygen atoms in total. The average molecular weight is 341 g/mol. The Morgan fingerprint density at radius 2 is 2.22 bits per heavy atom. The second-order valence-corrected chi connectivity index (χ2v) is 6.53. The van der Waals surface area contributed by atoms with Gasteiger partial charge in [0, 0.05) is 39.6 Å². The first kappa shape index (κ1) is 19.8. The number of nitrogens with zero attached hydrogens (tertiary/aromatic N) is 5. The highest BCUT2D eigenvalue weighted by Crippen LogP contribution is 1.99. The maximum absolute atomic E-state index is 4.75. The largest absolute Gasteiger partial charge is 0.354 e. The van der Waals surface area contributed by atoms with Gasteiger partial charge < -0.3 is 14.8 Å². The van der Waals surface area contributed by atoms with Crippen LogP contribution in [0.25, 0.3) is 0 Å². The van der Waals surface area contributed by atoms with E-state index in [1.54, 1.807) is 6.33 Å². The summed E-state index contributed by atoms with van der Waals surface area (Å²) in [5.74, 6) is 3.20. The van der Waals surface area contributed by atoms with E-state index in [-0.39, 0.29) is 0 Å². The minimum absolute atomic E-state index is 0.836. The van der Waals surface area contributed by atoms with Gasteiger partial charge in [-0.05, 0) is 24.9 Å². The fourth-order valence-electron chi connectivity index (χ4n) is 2.23. The number of hydrogen-bond donors (Lipinski definition) is 1. The third-order valence-corrected chi connectivity index (χ3v) is 4.32. The van der Waals surface area contributed by atoms with Gasteiger partial charge in [-0.3, -0.25) is 4.99 Å². The Labute approximate surface area is 145 Å². The van der Waals surface area contributed by atoms with Gasteiger partial charge in [0.1, 0.15) is 12.2 Å². The molecule has 0 spiro atoms. The van der Waals surface area contributed by atoms with E-state index in [2.05, 4.69) is 52.1 Å². The van der Waals surface area contributed by atoms with E-state index < -0.39 is 0 Å². The third kappa shape index (κ3) is 7.72. The van der Waals surface area contributed by atoms with Gasteiger partial charge in [0.15, 0.2) is 5.96 Å². The number of rotatable bonds is 11. The molecule has 1 rings (SSSR count). The lowest BCUT2D eigenvalue weighted by atomic mass is 10.3. The minimum atomic E-state index is 0.836. The summed E-state index contributed by atoms with van der Waals surface area (Å²) in [6, 6.07) is 0. The molecule has 7 heteroatoms. The van der Waals surface area contributed by atoms with E-state index in [1.165, 1.54) is 12.8 Å². The van der Waals surface area contributed by atoms with Crippen LogP contribution in [0.1, 0.15) is 38.9 Å². The summed E-state index contributed by atoms with van der Waals surface area (Å²) in [7, 11) is 2.12. The zero-order valence-electron chi connectivity index (χ0n) is 15.1. The van der Waals surface area contributed by atoms with Crippen LogP contribution in [0.4, 0.5) is 0 Å². The number of aliphatic imine (C=N–C) groups is 1. The van der Waals surface area contributed by atoms with Crippen molar-refractivity contribution in [3.05, 3.63) is 12.2 Å². The summed E-state index contributed by atoms with van der Waals surface area (Å²) in [6.45, 7) is 7.94. The third-order valence-electron chi connectivity index (χ3n) is 3.62. The lowest BCUT2D eigenvalue weighted by molar-refractivity contribution is 0.460. The van der Waals surface area contributed by atoms with Crippen molar-refractivity contribution in [2.45, 2.75) is 46.1 Å². The smallest absolute Gasteiger partial charge is 0.193 e. The molecule has 0 aliphatic carbocycles. The van der Waals surface area contributed by atoms with E-state index in [0.717, 1.165) is 56.6 Å². The van der Waals surface area contributed by atoms with Crippen molar-refractivity contribution < 1.29 is 0 Å². The summed E-state index contributed by atoms with van der Waals surface area (Å²) in [5.41, 5.74) is 0. The molecule has 0 amide bonds. The van der Waals surface area contributed by atoms with Gasteiger partial charge in [-0.15, -0.1) is 10.2 Å². The zero-order valence-corrected chi connectivity index (χ0v) is 15.9. The van der Waals surface area contributed by atoms with Gasteiger partial charge in [-0.2, -0.15) is 11.8 Å². The summed E-state index contributed by atoms with van der Waals surface area (Å²) in [6.07, 6.45) is 8.36. The van der Waals surface area contributed by atoms with Gasteiger partial charge >= 0.3 is 0 Å². The molecule has 0 unspecified atom stereocenters. The topological polar surface area (TPSA) is 58.3 Å². The van der Waals surface area contributed by atoms with Crippen LogP contribution >= 0.6 is 11.8 Å². The molecule has 1 aromatic heterocycles. The van der Waals surface area contributed by atoms with Crippen molar-refractivity contribution >= 4 is 17.7 Å². The Morgan fingerprint density at radius 3 is 2.91 bits per heavy atom. The van der Waals surface area contributed by atoms with Crippen LogP contribution in [0.15, 0.2) is 11.3 Å². The Bertz CT molecular complexity index is 446. The maximum Gasteiger partial charge on any atom is 0.193 e. The van der Waals surface area contributed by atoms with Crippen molar-refractivity contribution in [3.63, 3.8) is 0 Å². The molecule has 0 atom stereocenters. The molecule has 1 heterocycles. The standard InChI is InChI=1S/C16H32N6S/c1-5-7-11-21(3)16(17-9-8-13-23-4)18-10-12-22-14-19-20-15(22)6-2/h14H,5-13H2,1-4H3,(H,17,18). The normalized spacial score (nSPS) is 11.7. The zero-order chi connectivity index (χ0) is 16.9. The molecular formula is C16H32N6S. The monoisotopic (exact) mass is 340 g/mol. The molecule has 0 saturated heterocycles. The van der Waals surface area contributed by atoms with Crippen LogP contribution in [-0.2, 0) is 13.0 Å². The first-order valence-electron chi connectivity index (χ1n) is 8.57. The van der Waals surface area contributed by atoms with Gasteiger partial charge in [0.25, 0.3) is 0 Å². The number of thioether (sulfide) groups is 1. The van der Waals surface area contributed by atoms with Gasteiger partial charge in [0.05, 0.1) is 0 Å². The van der Waals surface area contributed by atoms with Crippen LogP contribution in [0.2, 0.25) is 0 Å². The van der Waals surface area contributed by atoms with Crippen LogP contribution in [0.5, 0.6) is 0 Å². The highest BCUT2D eigenvalue weighted by molar-refractivity contribution is 7.98. The predicted octanol–water partition coefficient (Wildman–Crippen LogP) is 2.27. The number of guanidine groups is 1. The molecule has 0 saturated carbocycles. The quantitative estimate of drug-likeness (QED) is 0.380. The number of unbranched alkanes of at least 4 members (excludes halogenated alkanes) is 1. The summed E-state index contributed by atoms with van der Waals surface area (Å²) in [5, 5.41) is 11.6. The van der Waals surface area contributed by atoms with Crippen molar-refractivity contribution in [3.8, 4) is 0 Å². The molecule has 0 aliphatic rings. The number of aromatic nitrogens is 3. The molecule has 0 aromatic carbocycles. The maximum atomic E-state index is 4.75. The van der Waals surface area contributed by atoms with E-state index in [9.17, 15) is 0 Å². The Kier molecular flexibility index (Phi) is 10.5. The average Bonchev–Trinajstić information content (AvgIpc) is 3.02. The Balaban J connectivity index is 2.50. The number of nitrogens with one attached hydrogen (secondary N) is 1. The molecular weight excluding hydrogens is 308 g/mol.